The summed E-state index contributed by atoms with van der Waals surface area (Å²) in [4.78, 5) is 10.2. The molecule has 0 atom stereocenters. The molecule has 0 aliphatic carbocycles. The molecule has 66 valence electrons. The number of halogens is 3. The quantitative estimate of drug-likeness (QED) is 0.561. The van der Waals surface area contributed by atoms with E-state index in [0.717, 1.165) is 20.8 Å². The predicted molar refractivity (Wildman–Crippen MR) is 31.9 cm³/mol. The minimum atomic E-state index is -4.52. The van der Waals surface area contributed by atoms with Crippen molar-refractivity contribution >= 4 is 5.97 Å². The number of esters is 1. The molecule has 0 fully saturated rings. The highest BCUT2D eigenvalue weighted by Crippen LogP contribution is 2.32. The number of carbonyl (C=O) groups is 1. The molecule has 0 spiro atoms. The van der Waals surface area contributed by atoms with Gasteiger partial charge in [0, 0.05) is 6.92 Å². The molecule has 0 saturated carbocycles. The molecule has 2 nitrogen and oxygen atoms in total. The van der Waals surface area contributed by atoms with Gasteiger partial charge in [0.2, 0.25) is 5.60 Å². The number of ether oxygens (including phenoxy) is 1. The van der Waals surface area contributed by atoms with Crippen LogP contribution in [0.2, 0.25) is 0 Å². The maximum atomic E-state index is 11.9. The number of rotatable bonds is 1. The monoisotopic (exact) mass is 170 g/mol. The second-order valence-corrected chi connectivity index (χ2v) is 2.60. The second-order valence-electron chi connectivity index (χ2n) is 2.60. The minimum absolute atomic E-state index is 0.800. The van der Waals surface area contributed by atoms with Crippen molar-refractivity contribution in [2.45, 2.75) is 32.5 Å². The van der Waals surface area contributed by atoms with Crippen molar-refractivity contribution in [3.63, 3.8) is 0 Å². The summed E-state index contributed by atoms with van der Waals surface area (Å²) in [5, 5.41) is 0. The van der Waals surface area contributed by atoms with Gasteiger partial charge in [-0.3, -0.25) is 4.79 Å². The van der Waals surface area contributed by atoms with Gasteiger partial charge < -0.3 is 4.74 Å². The lowest BCUT2D eigenvalue weighted by atomic mass is 10.1. The second kappa shape index (κ2) is 2.71. The van der Waals surface area contributed by atoms with Crippen molar-refractivity contribution in [1.29, 1.82) is 0 Å². The lowest BCUT2D eigenvalue weighted by Gasteiger charge is -2.26. The van der Waals surface area contributed by atoms with Crippen LogP contribution in [0.4, 0.5) is 13.2 Å². The van der Waals surface area contributed by atoms with Gasteiger partial charge in [0.1, 0.15) is 0 Å². The highest BCUT2D eigenvalue weighted by molar-refractivity contribution is 5.66. The molecule has 0 aliphatic heterocycles. The molecule has 0 aromatic rings. The third-order valence-corrected chi connectivity index (χ3v) is 1.08. The van der Waals surface area contributed by atoms with E-state index in [1.807, 2.05) is 0 Å². The highest BCUT2D eigenvalue weighted by Gasteiger charge is 2.50. The summed E-state index contributed by atoms with van der Waals surface area (Å²) >= 11 is 0. The predicted octanol–water partition coefficient (Wildman–Crippen LogP) is 1.89. The Morgan fingerprint density at radius 2 is 1.64 bits per heavy atom. The third-order valence-electron chi connectivity index (χ3n) is 1.08. The first kappa shape index (κ1) is 10.3. The fourth-order valence-electron chi connectivity index (χ4n) is 0.417. The van der Waals surface area contributed by atoms with Crippen LogP contribution in [-0.4, -0.2) is 17.7 Å². The topological polar surface area (TPSA) is 26.3 Å². The highest BCUT2D eigenvalue weighted by atomic mass is 19.4. The molecule has 0 rings (SSSR count). The lowest BCUT2D eigenvalue weighted by Crippen LogP contribution is -2.42. The molecule has 0 amide bonds. The first-order chi connectivity index (χ1) is 4.67. The van der Waals surface area contributed by atoms with E-state index in [2.05, 4.69) is 4.74 Å². The molecule has 0 unspecified atom stereocenters. The van der Waals surface area contributed by atoms with Gasteiger partial charge in [-0.05, 0) is 13.8 Å². The van der Waals surface area contributed by atoms with Gasteiger partial charge in [0.15, 0.2) is 0 Å². The largest absolute Gasteiger partial charge is 0.450 e. The summed E-state index contributed by atoms with van der Waals surface area (Å²) < 4.78 is 39.8. The normalized spacial score (nSPS) is 12.9. The minimum Gasteiger partial charge on any atom is -0.450 e. The Balaban J connectivity index is 4.34. The summed E-state index contributed by atoms with van der Waals surface area (Å²) in [6.45, 7) is 2.54. The molecule has 0 aliphatic rings. The molecule has 0 saturated heterocycles. The van der Waals surface area contributed by atoms with Gasteiger partial charge in [-0.1, -0.05) is 0 Å². The SMILES string of the molecule is CC(=O)OC(C)(C)C(F)(F)F. The zero-order valence-electron chi connectivity index (χ0n) is 6.45. The number of alkyl halides is 3. The van der Waals surface area contributed by atoms with E-state index in [0.29, 0.717) is 0 Å². The number of hydrogen-bond acceptors (Lipinski definition) is 2. The summed E-state index contributed by atoms with van der Waals surface area (Å²) in [7, 11) is 0. The Hall–Kier alpha value is -0.740. The molecule has 0 heterocycles. The van der Waals surface area contributed by atoms with Crippen LogP contribution in [0.1, 0.15) is 20.8 Å². The zero-order chi connectivity index (χ0) is 9.28. The maximum Gasteiger partial charge on any atom is 0.427 e. The molecule has 0 N–H and O–H groups in total. The van der Waals surface area contributed by atoms with E-state index in [-0.39, 0.29) is 0 Å². The summed E-state index contributed by atoms with van der Waals surface area (Å²) in [5.41, 5.74) is -2.39. The van der Waals surface area contributed by atoms with Crippen LogP contribution in [0.5, 0.6) is 0 Å². The Morgan fingerprint density at radius 3 is 1.73 bits per heavy atom. The first-order valence-corrected chi connectivity index (χ1v) is 2.93. The summed E-state index contributed by atoms with van der Waals surface area (Å²) in [6, 6.07) is 0. The van der Waals surface area contributed by atoms with E-state index >= 15 is 0 Å². The molecular weight excluding hydrogens is 161 g/mol. The lowest BCUT2D eigenvalue weighted by molar-refractivity contribution is -0.256. The Labute approximate surface area is 62.3 Å². The average molecular weight is 170 g/mol. The first-order valence-electron chi connectivity index (χ1n) is 2.93. The van der Waals surface area contributed by atoms with Crippen molar-refractivity contribution in [3.8, 4) is 0 Å². The zero-order valence-corrected chi connectivity index (χ0v) is 6.45. The molecule has 0 bridgehead atoms. The van der Waals surface area contributed by atoms with E-state index in [9.17, 15) is 18.0 Å². The molecule has 0 aromatic heterocycles. The van der Waals surface area contributed by atoms with Crippen LogP contribution in [0.25, 0.3) is 0 Å². The molecule has 0 aromatic carbocycles. The van der Waals surface area contributed by atoms with E-state index in [4.69, 9.17) is 0 Å². The van der Waals surface area contributed by atoms with Gasteiger partial charge in [0.25, 0.3) is 0 Å². The van der Waals surface area contributed by atoms with Crippen molar-refractivity contribution in [2.75, 3.05) is 0 Å². The van der Waals surface area contributed by atoms with Gasteiger partial charge >= 0.3 is 12.1 Å². The van der Waals surface area contributed by atoms with E-state index in [1.54, 1.807) is 0 Å². The van der Waals surface area contributed by atoms with Gasteiger partial charge in [-0.2, -0.15) is 13.2 Å². The fraction of sp³-hybridized carbons (Fsp3) is 0.833. The summed E-state index contributed by atoms with van der Waals surface area (Å²) in [6.07, 6.45) is -4.52. The van der Waals surface area contributed by atoms with Crippen molar-refractivity contribution in [2.24, 2.45) is 0 Å². The van der Waals surface area contributed by atoms with Crippen LogP contribution in [0, 0.1) is 0 Å². The van der Waals surface area contributed by atoms with Crippen molar-refractivity contribution in [1.82, 2.24) is 0 Å². The number of carbonyl (C=O) groups excluding carboxylic acids is 1. The van der Waals surface area contributed by atoms with Crippen LogP contribution >= 0.6 is 0 Å². The average Bonchev–Trinajstić information content (AvgIpc) is 1.56. The standard InChI is InChI=1S/C6H9F3O2/c1-4(10)11-5(2,3)6(7,8)9/h1-3H3. The third kappa shape index (κ3) is 2.78. The van der Waals surface area contributed by atoms with Gasteiger partial charge in [-0.25, -0.2) is 0 Å². The van der Waals surface area contributed by atoms with Crippen LogP contribution < -0.4 is 0 Å². The van der Waals surface area contributed by atoms with Crippen LogP contribution in [-0.2, 0) is 9.53 Å². The van der Waals surface area contributed by atoms with E-state index < -0.39 is 17.7 Å². The Morgan fingerprint density at radius 1 is 1.27 bits per heavy atom. The Bertz CT molecular complexity index is 160. The number of hydrogen-bond donors (Lipinski definition) is 0. The fourth-order valence-corrected chi connectivity index (χ4v) is 0.417. The van der Waals surface area contributed by atoms with Gasteiger partial charge in [0.05, 0.1) is 0 Å². The molecular formula is C6H9F3O2. The molecule has 0 radical (unpaired) electrons. The molecule has 11 heavy (non-hydrogen) atoms. The van der Waals surface area contributed by atoms with Crippen molar-refractivity contribution < 1.29 is 22.7 Å². The Kier molecular flexibility index (Phi) is 2.53. The van der Waals surface area contributed by atoms with Crippen LogP contribution in [0.3, 0.4) is 0 Å². The van der Waals surface area contributed by atoms with Gasteiger partial charge in [-0.15, -0.1) is 0 Å². The van der Waals surface area contributed by atoms with E-state index in [1.165, 1.54) is 0 Å². The maximum absolute atomic E-state index is 11.9. The van der Waals surface area contributed by atoms with Crippen LogP contribution in [0.15, 0.2) is 0 Å². The smallest absolute Gasteiger partial charge is 0.427 e. The van der Waals surface area contributed by atoms with Crippen molar-refractivity contribution in [3.05, 3.63) is 0 Å². The molecule has 5 heteroatoms. The summed E-state index contributed by atoms with van der Waals surface area (Å²) in [5.74, 6) is -0.938.